The van der Waals surface area contributed by atoms with Crippen molar-refractivity contribution in [3.8, 4) is 22.9 Å². The first-order valence-electron chi connectivity index (χ1n) is 6.14. The van der Waals surface area contributed by atoms with Crippen LogP contribution in [0.1, 0.15) is 5.69 Å². The monoisotopic (exact) mass is 353 g/mol. The van der Waals surface area contributed by atoms with E-state index in [1.54, 1.807) is 33.5 Å². The smallest absolute Gasteiger partial charge is 0.162 e. The van der Waals surface area contributed by atoms with E-state index in [4.69, 9.17) is 19.9 Å². The van der Waals surface area contributed by atoms with Crippen LogP contribution in [0.3, 0.4) is 0 Å². The Balaban J connectivity index is 2.51. The molecule has 0 spiro atoms. The molecule has 0 fully saturated rings. The minimum Gasteiger partial charge on any atom is -0.493 e. The Labute approximate surface area is 131 Å². The molecule has 0 aliphatic carbocycles. The third-order valence-electron chi connectivity index (χ3n) is 2.87. The molecule has 0 saturated carbocycles. The van der Waals surface area contributed by atoms with Gasteiger partial charge in [0.25, 0.3) is 0 Å². The number of rotatable bonds is 5. The molecule has 7 heteroatoms. The van der Waals surface area contributed by atoms with Crippen molar-refractivity contribution in [1.82, 2.24) is 9.97 Å². The third kappa shape index (κ3) is 3.25. The van der Waals surface area contributed by atoms with Crippen molar-refractivity contribution in [3.63, 3.8) is 0 Å². The van der Waals surface area contributed by atoms with Gasteiger partial charge in [0.1, 0.15) is 5.82 Å². The molecule has 21 heavy (non-hydrogen) atoms. The number of nitrogens with two attached hydrogens (primary N) is 1. The predicted molar refractivity (Wildman–Crippen MR) is 83.4 cm³/mol. The fraction of sp³-hybridized carbons (Fsp3) is 0.286. The fourth-order valence-corrected chi connectivity index (χ4v) is 2.14. The maximum Gasteiger partial charge on any atom is 0.162 e. The minimum absolute atomic E-state index is 0.341. The second kappa shape index (κ2) is 6.73. The van der Waals surface area contributed by atoms with Crippen molar-refractivity contribution >= 4 is 21.7 Å². The summed E-state index contributed by atoms with van der Waals surface area (Å²) >= 11 is 3.36. The van der Waals surface area contributed by atoms with Gasteiger partial charge in [0.2, 0.25) is 0 Å². The largest absolute Gasteiger partial charge is 0.493 e. The predicted octanol–water partition coefficient (Wildman–Crippen LogP) is 2.65. The van der Waals surface area contributed by atoms with Crippen molar-refractivity contribution in [3.05, 3.63) is 28.4 Å². The highest BCUT2D eigenvalue weighted by Crippen LogP contribution is 2.32. The Bertz CT molecular complexity index is 650. The van der Waals surface area contributed by atoms with Gasteiger partial charge < -0.3 is 19.9 Å². The van der Waals surface area contributed by atoms with E-state index in [2.05, 4.69) is 25.9 Å². The lowest BCUT2D eigenvalue weighted by Gasteiger charge is -2.11. The fourth-order valence-electron chi connectivity index (χ4n) is 1.85. The van der Waals surface area contributed by atoms with Crippen LogP contribution in [0.4, 0.5) is 5.82 Å². The van der Waals surface area contributed by atoms with Gasteiger partial charge in [0.15, 0.2) is 17.3 Å². The van der Waals surface area contributed by atoms with Crippen LogP contribution in [-0.4, -0.2) is 31.3 Å². The van der Waals surface area contributed by atoms with Gasteiger partial charge >= 0.3 is 0 Å². The van der Waals surface area contributed by atoms with Crippen molar-refractivity contribution in [1.29, 1.82) is 0 Å². The number of hydrogen-bond acceptors (Lipinski definition) is 6. The number of methoxy groups -OCH3 is 3. The third-order valence-corrected chi connectivity index (χ3v) is 3.73. The molecule has 1 heterocycles. The summed E-state index contributed by atoms with van der Waals surface area (Å²) in [5.41, 5.74) is 7.38. The van der Waals surface area contributed by atoms with Gasteiger partial charge in [0, 0.05) is 12.7 Å². The zero-order valence-corrected chi connectivity index (χ0v) is 13.6. The molecule has 112 valence electrons. The zero-order valence-electron chi connectivity index (χ0n) is 12.0. The molecule has 0 aliphatic heterocycles. The van der Waals surface area contributed by atoms with Crippen LogP contribution in [0.5, 0.6) is 11.5 Å². The highest BCUT2D eigenvalue weighted by molar-refractivity contribution is 9.10. The van der Waals surface area contributed by atoms with Crippen molar-refractivity contribution in [2.24, 2.45) is 0 Å². The molecule has 2 rings (SSSR count). The van der Waals surface area contributed by atoms with Crippen LogP contribution in [0.2, 0.25) is 0 Å². The summed E-state index contributed by atoms with van der Waals surface area (Å²) in [6.45, 7) is 0.341. The standard InChI is InChI=1S/C14H16BrN3O3/c1-19-7-9-12(15)13(16)18-14(17-9)8-4-5-10(20-2)11(6-8)21-3/h4-6H,7H2,1-3H3,(H2,16,17,18). The summed E-state index contributed by atoms with van der Waals surface area (Å²) in [7, 11) is 4.76. The number of aromatic nitrogens is 2. The summed E-state index contributed by atoms with van der Waals surface area (Å²) in [5.74, 6) is 2.11. The first-order chi connectivity index (χ1) is 10.1. The molecule has 0 unspecified atom stereocenters. The molecule has 0 saturated heterocycles. The summed E-state index contributed by atoms with van der Waals surface area (Å²) in [6, 6.07) is 5.45. The maximum atomic E-state index is 5.91. The number of hydrogen-bond donors (Lipinski definition) is 1. The van der Waals surface area contributed by atoms with E-state index in [0.717, 1.165) is 5.56 Å². The average Bonchev–Trinajstić information content (AvgIpc) is 2.51. The molecule has 0 amide bonds. The highest BCUT2D eigenvalue weighted by Gasteiger charge is 2.13. The molecule has 6 nitrogen and oxygen atoms in total. The number of nitrogen functional groups attached to an aromatic ring is 1. The Kier molecular flexibility index (Phi) is 4.98. The van der Waals surface area contributed by atoms with E-state index in [0.29, 0.717) is 39.9 Å². The molecule has 0 aliphatic rings. The molecule has 1 aromatic carbocycles. The topological polar surface area (TPSA) is 79.5 Å². The second-order valence-electron chi connectivity index (χ2n) is 4.20. The lowest BCUT2D eigenvalue weighted by Crippen LogP contribution is -2.04. The van der Waals surface area contributed by atoms with Gasteiger partial charge in [-0.15, -0.1) is 0 Å². The van der Waals surface area contributed by atoms with Gasteiger partial charge in [-0.1, -0.05) is 0 Å². The van der Waals surface area contributed by atoms with Crippen LogP contribution in [0.15, 0.2) is 22.7 Å². The van der Waals surface area contributed by atoms with E-state index in [9.17, 15) is 0 Å². The van der Waals surface area contributed by atoms with Crippen molar-refractivity contribution in [2.75, 3.05) is 27.1 Å². The summed E-state index contributed by atoms with van der Waals surface area (Å²) in [5, 5.41) is 0. The van der Waals surface area contributed by atoms with Crippen LogP contribution in [0, 0.1) is 0 Å². The van der Waals surface area contributed by atoms with Crippen LogP contribution >= 0.6 is 15.9 Å². The van der Waals surface area contributed by atoms with Crippen molar-refractivity contribution < 1.29 is 14.2 Å². The molecule has 2 N–H and O–H groups in total. The normalized spacial score (nSPS) is 10.5. The first-order valence-corrected chi connectivity index (χ1v) is 6.93. The highest BCUT2D eigenvalue weighted by atomic mass is 79.9. The quantitative estimate of drug-likeness (QED) is 0.889. The number of anilines is 1. The molecule has 2 aromatic rings. The van der Waals surface area contributed by atoms with Crippen molar-refractivity contribution in [2.45, 2.75) is 6.61 Å². The average molecular weight is 354 g/mol. The molecule has 0 bridgehead atoms. The SMILES string of the molecule is COCc1nc(-c2ccc(OC)c(OC)c2)nc(N)c1Br. The lowest BCUT2D eigenvalue weighted by atomic mass is 10.2. The molecular formula is C14H16BrN3O3. The van der Waals surface area contributed by atoms with Crippen LogP contribution in [0.25, 0.3) is 11.4 Å². The Morgan fingerprint density at radius 1 is 1.10 bits per heavy atom. The van der Waals surface area contributed by atoms with Gasteiger partial charge in [-0.2, -0.15) is 0 Å². The Morgan fingerprint density at radius 2 is 1.81 bits per heavy atom. The van der Waals surface area contributed by atoms with Gasteiger partial charge in [0.05, 0.1) is 31.0 Å². The number of halogens is 1. The molecule has 0 atom stereocenters. The van der Waals surface area contributed by atoms with Gasteiger partial charge in [-0.3, -0.25) is 0 Å². The van der Waals surface area contributed by atoms with E-state index in [-0.39, 0.29) is 0 Å². The first kappa shape index (κ1) is 15.5. The van der Waals surface area contributed by atoms with Crippen LogP contribution < -0.4 is 15.2 Å². The Morgan fingerprint density at radius 3 is 2.43 bits per heavy atom. The summed E-state index contributed by atoms with van der Waals surface area (Å²) in [4.78, 5) is 8.75. The lowest BCUT2D eigenvalue weighted by molar-refractivity contribution is 0.181. The number of benzene rings is 1. The van der Waals surface area contributed by atoms with E-state index in [1.807, 2.05) is 6.07 Å². The summed E-state index contributed by atoms with van der Waals surface area (Å²) < 4.78 is 16.3. The van der Waals surface area contributed by atoms with Gasteiger partial charge in [-0.25, -0.2) is 9.97 Å². The Hall–Kier alpha value is -1.86. The molecule has 0 radical (unpaired) electrons. The summed E-state index contributed by atoms with van der Waals surface area (Å²) in [6.07, 6.45) is 0. The molecular weight excluding hydrogens is 338 g/mol. The van der Waals surface area contributed by atoms with E-state index >= 15 is 0 Å². The second-order valence-corrected chi connectivity index (χ2v) is 4.99. The van der Waals surface area contributed by atoms with Crippen LogP contribution in [-0.2, 0) is 11.3 Å². The molecule has 1 aromatic heterocycles. The van der Waals surface area contributed by atoms with E-state index < -0.39 is 0 Å². The number of nitrogens with zero attached hydrogens (tertiary/aromatic N) is 2. The maximum absolute atomic E-state index is 5.91. The zero-order chi connectivity index (χ0) is 15.4. The van der Waals surface area contributed by atoms with Gasteiger partial charge in [-0.05, 0) is 34.1 Å². The minimum atomic E-state index is 0.341. The number of ether oxygens (including phenoxy) is 3. The van der Waals surface area contributed by atoms with E-state index in [1.165, 1.54) is 0 Å².